The topological polar surface area (TPSA) is 81.7 Å². The number of nitrogens with one attached hydrogen (secondary N) is 1. The fraction of sp³-hybridized carbons (Fsp3) is 0.429. The number of benzene rings is 1. The lowest BCUT2D eigenvalue weighted by molar-refractivity contribution is -0.129. The maximum absolute atomic E-state index is 12.6. The van der Waals surface area contributed by atoms with E-state index in [-0.39, 0.29) is 11.8 Å². The summed E-state index contributed by atoms with van der Waals surface area (Å²) < 4.78 is 0. The van der Waals surface area contributed by atoms with Crippen LogP contribution in [0.3, 0.4) is 0 Å². The van der Waals surface area contributed by atoms with Crippen molar-refractivity contribution in [3.05, 3.63) is 42.4 Å². The van der Waals surface area contributed by atoms with Crippen molar-refractivity contribution in [3.8, 4) is 0 Å². The Morgan fingerprint density at radius 1 is 1.03 bits per heavy atom. The number of piperazine rings is 1. The van der Waals surface area contributed by atoms with Crippen LogP contribution in [0.1, 0.15) is 31.3 Å². The van der Waals surface area contributed by atoms with E-state index in [1.54, 1.807) is 13.0 Å². The third-order valence-electron chi connectivity index (χ3n) is 5.19. The molecule has 2 heterocycles. The maximum atomic E-state index is 12.6. The minimum absolute atomic E-state index is 0.0828. The second-order valence-corrected chi connectivity index (χ2v) is 6.93. The van der Waals surface area contributed by atoms with Gasteiger partial charge in [0.15, 0.2) is 0 Å². The Morgan fingerprint density at radius 2 is 1.69 bits per heavy atom. The highest BCUT2D eigenvalue weighted by atomic mass is 16.2. The molecule has 1 aromatic carbocycles. The smallest absolute Gasteiger partial charge is 0.274 e. The van der Waals surface area contributed by atoms with E-state index in [1.165, 1.54) is 6.33 Å². The number of hydrogen-bond donors (Lipinski definition) is 1. The summed E-state index contributed by atoms with van der Waals surface area (Å²) in [5.74, 6) is 0.510. The molecule has 2 aromatic rings. The van der Waals surface area contributed by atoms with Gasteiger partial charge in [0.25, 0.3) is 5.91 Å². The molecule has 0 radical (unpaired) electrons. The van der Waals surface area contributed by atoms with Gasteiger partial charge < -0.3 is 20.0 Å². The van der Waals surface area contributed by atoms with Gasteiger partial charge in [0, 0.05) is 63.6 Å². The lowest BCUT2D eigenvalue weighted by Crippen LogP contribution is -2.48. The molecule has 0 saturated carbocycles. The molecular weight excluding hydrogens is 368 g/mol. The molecule has 1 saturated heterocycles. The summed E-state index contributed by atoms with van der Waals surface area (Å²) in [6, 6.07) is 9.50. The van der Waals surface area contributed by atoms with Crippen molar-refractivity contribution in [2.45, 2.75) is 20.8 Å². The average Bonchev–Trinajstić information content (AvgIpc) is 2.76. The van der Waals surface area contributed by atoms with Gasteiger partial charge in [-0.15, -0.1) is 0 Å². The Kier molecular flexibility index (Phi) is 6.64. The van der Waals surface area contributed by atoms with Crippen LogP contribution in [0.5, 0.6) is 0 Å². The first-order valence-electron chi connectivity index (χ1n) is 10.0. The van der Waals surface area contributed by atoms with Crippen LogP contribution >= 0.6 is 0 Å². The number of carbonyl (C=O) groups is 2. The van der Waals surface area contributed by atoms with Crippen LogP contribution in [0.2, 0.25) is 0 Å². The fourth-order valence-corrected chi connectivity index (χ4v) is 3.43. The number of anilines is 3. The number of carbonyl (C=O) groups excluding carboxylic acids is 2. The van der Waals surface area contributed by atoms with E-state index in [0.29, 0.717) is 37.7 Å². The molecule has 0 atom stereocenters. The summed E-state index contributed by atoms with van der Waals surface area (Å²) in [5.41, 5.74) is 2.17. The Bertz CT molecular complexity index is 843. The van der Waals surface area contributed by atoms with Crippen molar-refractivity contribution >= 4 is 29.0 Å². The van der Waals surface area contributed by atoms with Crippen LogP contribution in [0, 0.1) is 0 Å². The van der Waals surface area contributed by atoms with Gasteiger partial charge in [-0.05, 0) is 38.1 Å². The van der Waals surface area contributed by atoms with E-state index in [1.807, 2.05) is 29.2 Å². The minimum atomic E-state index is -0.272. The first-order valence-corrected chi connectivity index (χ1v) is 10.0. The zero-order chi connectivity index (χ0) is 20.8. The molecule has 154 valence electrons. The second-order valence-electron chi connectivity index (χ2n) is 6.93. The molecule has 0 aliphatic carbocycles. The van der Waals surface area contributed by atoms with Gasteiger partial charge in [-0.25, -0.2) is 9.97 Å². The van der Waals surface area contributed by atoms with Gasteiger partial charge in [-0.1, -0.05) is 0 Å². The standard InChI is InChI=1S/C21H28N6O2/c1-4-25(5-2)18-8-6-17(7-9-18)24-21(29)19-14-20(23-15-22-19)27-12-10-26(11-13-27)16(3)28/h6-9,14-15H,4-5,10-13H2,1-3H3,(H,24,29). The molecule has 1 aliphatic rings. The molecular formula is C21H28N6O2. The normalized spacial score (nSPS) is 13.9. The first-order chi connectivity index (χ1) is 14.0. The Balaban J connectivity index is 1.64. The first kappa shape index (κ1) is 20.6. The van der Waals surface area contributed by atoms with Crippen molar-refractivity contribution in [1.82, 2.24) is 14.9 Å². The highest BCUT2D eigenvalue weighted by Crippen LogP contribution is 2.19. The van der Waals surface area contributed by atoms with Gasteiger partial charge in [-0.3, -0.25) is 9.59 Å². The summed E-state index contributed by atoms with van der Waals surface area (Å²) >= 11 is 0. The Morgan fingerprint density at radius 3 is 2.28 bits per heavy atom. The fourth-order valence-electron chi connectivity index (χ4n) is 3.43. The van der Waals surface area contributed by atoms with E-state index in [4.69, 9.17) is 0 Å². The van der Waals surface area contributed by atoms with E-state index in [9.17, 15) is 9.59 Å². The Hall–Kier alpha value is -3.16. The van der Waals surface area contributed by atoms with Gasteiger partial charge in [0.05, 0.1) is 0 Å². The highest BCUT2D eigenvalue weighted by Gasteiger charge is 2.20. The zero-order valence-electron chi connectivity index (χ0n) is 17.3. The minimum Gasteiger partial charge on any atom is -0.372 e. The lowest BCUT2D eigenvalue weighted by atomic mass is 10.2. The van der Waals surface area contributed by atoms with Crippen LogP contribution in [-0.4, -0.2) is 66.0 Å². The third-order valence-corrected chi connectivity index (χ3v) is 5.19. The molecule has 8 heteroatoms. The second kappa shape index (κ2) is 9.36. The summed E-state index contributed by atoms with van der Waals surface area (Å²) in [6.07, 6.45) is 1.41. The van der Waals surface area contributed by atoms with E-state index >= 15 is 0 Å². The predicted molar refractivity (Wildman–Crippen MR) is 114 cm³/mol. The third kappa shape index (κ3) is 5.01. The van der Waals surface area contributed by atoms with E-state index < -0.39 is 0 Å². The largest absolute Gasteiger partial charge is 0.372 e. The van der Waals surface area contributed by atoms with Gasteiger partial charge in [-0.2, -0.15) is 0 Å². The van der Waals surface area contributed by atoms with Crippen molar-refractivity contribution in [2.75, 3.05) is 54.4 Å². The summed E-state index contributed by atoms with van der Waals surface area (Å²) in [5, 5.41) is 2.89. The number of hydrogen-bond acceptors (Lipinski definition) is 6. The monoisotopic (exact) mass is 396 g/mol. The molecule has 8 nitrogen and oxygen atoms in total. The molecule has 29 heavy (non-hydrogen) atoms. The van der Waals surface area contributed by atoms with Crippen molar-refractivity contribution in [1.29, 1.82) is 0 Å². The van der Waals surface area contributed by atoms with E-state index in [2.05, 4.69) is 38.9 Å². The number of aromatic nitrogens is 2. The van der Waals surface area contributed by atoms with Crippen LogP contribution in [0.15, 0.2) is 36.7 Å². The number of amides is 2. The molecule has 1 N–H and O–H groups in total. The molecule has 1 aliphatic heterocycles. The van der Waals surface area contributed by atoms with Crippen molar-refractivity contribution in [3.63, 3.8) is 0 Å². The van der Waals surface area contributed by atoms with Crippen LogP contribution in [-0.2, 0) is 4.79 Å². The summed E-state index contributed by atoms with van der Waals surface area (Å²) in [4.78, 5) is 38.7. The van der Waals surface area contributed by atoms with Gasteiger partial charge in [0.2, 0.25) is 5.91 Å². The zero-order valence-corrected chi connectivity index (χ0v) is 17.3. The van der Waals surface area contributed by atoms with E-state index in [0.717, 1.165) is 24.5 Å². The van der Waals surface area contributed by atoms with Gasteiger partial charge >= 0.3 is 0 Å². The lowest BCUT2D eigenvalue weighted by Gasteiger charge is -2.34. The van der Waals surface area contributed by atoms with Crippen molar-refractivity contribution in [2.24, 2.45) is 0 Å². The molecule has 1 fully saturated rings. The average molecular weight is 396 g/mol. The number of nitrogens with zero attached hydrogens (tertiary/aromatic N) is 5. The summed E-state index contributed by atoms with van der Waals surface area (Å²) in [6.45, 7) is 10.4. The maximum Gasteiger partial charge on any atom is 0.274 e. The molecule has 1 aromatic heterocycles. The molecule has 3 rings (SSSR count). The van der Waals surface area contributed by atoms with Gasteiger partial charge in [0.1, 0.15) is 17.8 Å². The van der Waals surface area contributed by atoms with Crippen LogP contribution in [0.25, 0.3) is 0 Å². The van der Waals surface area contributed by atoms with Crippen LogP contribution in [0.4, 0.5) is 17.2 Å². The molecule has 0 spiro atoms. The Labute approximate surface area is 171 Å². The van der Waals surface area contributed by atoms with Crippen LogP contribution < -0.4 is 15.1 Å². The highest BCUT2D eigenvalue weighted by molar-refractivity contribution is 6.03. The number of rotatable bonds is 6. The van der Waals surface area contributed by atoms with Crippen molar-refractivity contribution < 1.29 is 9.59 Å². The molecule has 2 amide bonds. The summed E-state index contributed by atoms with van der Waals surface area (Å²) in [7, 11) is 0. The molecule has 0 unspecified atom stereocenters. The molecule has 0 bridgehead atoms. The SMILES string of the molecule is CCN(CC)c1ccc(NC(=O)c2cc(N3CCN(C(C)=O)CC3)ncn2)cc1. The predicted octanol–water partition coefficient (Wildman–Crippen LogP) is 2.24. The quantitative estimate of drug-likeness (QED) is 0.807.